The normalized spacial score (nSPS) is 23.7. The molecule has 2 nitrogen and oxygen atoms in total. The van der Waals surface area contributed by atoms with Crippen LogP contribution in [0.4, 0.5) is 0 Å². The predicted molar refractivity (Wildman–Crippen MR) is 63.3 cm³/mol. The zero-order chi connectivity index (χ0) is 11.8. The molecule has 0 aromatic heterocycles. The van der Waals surface area contributed by atoms with E-state index in [1.165, 1.54) is 23.8 Å². The Morgan fingerprint density at radius 2 is 2.12 bits per heavy atom. The molecule has 0 saturated carbocycles. The summed E-state index contributed by atoms with van der Waals surface area (Å²) in [7, 11) is 1.47. The zero-order valence-corrected chi connectivity index (χ0v) is 10.2. The second kappa shape index (κ2) is 3.93. The van der Waals surface area contributed by atoms with Crippen LogP contribution in [0, 0.1) is 12.3 Å². The van der Waals surface area contributed by atoms with Gasteiger partial charge in [-0.15, -0.1) is 0 Å². The number of benzene rings is 1. The highest BCUT2D eigenvalue weighted by Gasteiger charge is 2.37. The molecule has 1 aliphatic rings. The van der Waals surface area contributed by atoms with Crippen LogP contribution in [0.25, 0.3) is 0 Å². The number of carbonyl (C=O) groups is 1. The topological polar surface area (TPSA) is 26.3 Å². The maximum Gasteiger partial charge on any atom is 0.311 e. The molecule has 1 aromatic carbocycles. The van der Waals surface area contributed by atoms with Crippen LogP contribution in [0.15, 0.2) is 18.2 Å². The van der Waals surface area contributed by atoms with Gasteiger partial charge in [-0.25, -0.2) is 0 Å². The van der Waals surface area contributed by atoms with Crippen molar-refractivity contribution in [3.63, 3.8) is 0 Å². The van der Waals surface area contributed by atoms with Crippen LogP contribution in [0.2, 0.25) is 0 Å². The summed E-state index contributed by atoms with van der Waals surface area (Å²) in [6.45, 7) is 4.11. The highest BCUT2D eigenvalue weighted by atomic mass is 16.5. The Balaban J connectivity index is 2.30. The largest absolute Gasteiger partial charge is 0.469 e. The van der Waals surface area contributed by atoms with Crippen molar-refractivity contribution in [3.8, 4) is 0 Å². The number of aryl methyl sites for hydroxylation is 2. The summed E-state index contributed by atoms with van der Waals surface area (Å²) < 4.78 is 4.89. The van der Waals surface area contributed by atoms with Crippen molar-refractivity contribution < 1.29 is 9.53 Å². The molecule has 0 bridgehead atoms. The molecule has 86 valence electrons. The number of hydrogen-bond donors (Lipinski definition) is 0. The van der Waals surface area contributed by atoms with Crippen LogP contribution in [0.5, 0.6) is 0 Å². The number of esters is 1. The second-order valence-corrected chi connectivity index (χ2v) is 5.00. The minimum Gasteiger partial charge on any atom is -0.469 e. The van der Waals surface area contributed by atoms with Crippen molar-refractivity contribution in [2.24, 2.45) is 5.41 Å². The lowest BCUT2D eigenvalue weighted by Gasteiger charge is -2.32. The minimum atomic E-state index is -0.336. The number of rotatable bonds is 1. The number of fused-ring (bicyclic) bond motifs is 1. The van der Waals surface area contributed by atoms with Gasteiger partial charge in [0.25, 0.3) is 0 Å². The first-order valence-corrected chi connectivity index (χ1v) is 5.72. The molecule has 0 amide bonds. The van der Waals surface area contributed by atoms with E-state index >= 15 is 0 Å². The summed E-state index contributed by atoms with van der Waals surface area (Å²) >= 11 is 0. The first-order valence-electron chi connectivity index (χ1n) is 5.72. The highest BCUT2D eigenvalue weighted by molar-refractivity contribution is 5.77. The van der Waals surface area contributed by atoms with E-state index in [0.29, 0.717) is 0 Å². The fourth-order valence-corrected chi connectivity index (χ4v) is 2.50. The van der Waals surface area contributed by atoms with Crippen LogP contribution in [0.1, 0.15) is 30.0 Å². The van der Waals surface area contributed by atoms with Gasteiger partial charge in [0, 0.05) is 0 Å². The Hall–Kier alpha value is -1.31. The van der Waals surface area contributed by atoms with Gasteiger partial charge in [0.15, 0.2) is 0 Å². The third kappa shape index (κ3) is 1.84. The van der Waals surface area contributed by atoms with Crippen LogP contribution in [0.3, 0.4) is 0 Å². The van der Waals surface area contributed by atoms with Crippen molar-refractivity contribution in [3.05, 3.63) is 34.9 Å². The maximum atomic E-state index is 11.7. The van der Waals surface area contributed by atoms with Gasteiger partial charge in [0.2, 0.25) is 0 Å². The standard InChI is InChI=1S/C14H18O2/c1-10-4-5-12-9-14(2,13(15)16-3)7-6-11(12)8-10/h4-5,8H,6-7,9H2,1-3H3. The van der Waals surface area contributed by atoms with Crippen molar-refractivity contribution in [2.75, 3.05) is 7.11 Å². The molecule has 2 heteroatoms. The molecule has 0 N–H and O–H groups in total. The Bertz CT molecular complexity index is 423. The fraction of sp³-hybridized carbons (Fsp3) is 0.500. The molecule has 0 radical (unpaired) electrons. The second-order valence-electron chi connectivity index (χ2n) is 5.00. The van der Waals surface area contributed by atoms with Gasteiger partial charge in [-0.2, -0.15) is 0 Å². The number of hydrogen-bond acceptors (Lipinski definition) is 2. The molecule has 0 saturated heterocycles. The lowest BCUT2D eigenvalue weighted by atomic mass is 9.73. The summed E-state index contributed by atoms with van der Waals surface area (Å²) in [6, 6.07) is 6.49. The number of methoxy groups -OCH3 is 1. The van der Waals surface area contributed by atoms with E-state index in [0.717, 1.165) is 19.3 Å². The Kier molecular flexibility index (Phi) is 2.75. The Morgan fingerprint density at radius 1 is 1.38 bits per heavy atom. The summed E-state index contributed by atoms with van der Waals surface area (Å²) in [6.07, 6.45) is 2.66. The van der Waals surface area contributed by atoms with Crippen molar-refractivity contribution in [2.45, 2.75) is 33.1 Å². The molecule has 1 aromatic rings. The average Bonchev–Trinajstić information content (AvgIpc) is 2.28. The number of ether oxygens (including phenoxy) is 1. The predicted octanol–water partition coefficient (Wildman–Crippen LogP) is 2.66. The summed E-state index contributed by atoms with van der Waals surface area (Å²) in [5.41, 5.74) is 3.64. The SMILES string of the molecule is COC(=O)C1(C)CCc2cc(C)ccc2C1. The van der Waals surface area contributed by atoms with Gasteiger partial charge in [-0.05, 0) is 44.2 Å². The molecule has 0 spiro atoms. The number of carbonyl (C=O) groups excluding carboxylic acids is 1. The third-order valence-electron chi connectivity index (χ3n) is 3.57. The molecule has 16 heavy (non-hydrogen) atoms. The molecule has 0 heterocycles. The van der Waals surface area contributed by atoms with Crippen molar-refractivity contribution >= 4 is 5.97 Å². The van der Waals surface area contributed by atoms with Crippen LogP contribution < -0.4 is 0 Å². The first-order chi connectivity index (χ1) is 7.55. The summed E-state index contributed by atoms with van der Waals surface area (Å²) in [5, 5.41) is 0. The van der Waals surface area contributed by atoms with Gasteiger partial charge in [0.05, 0.1) is 12.5 Å². The Labute approximate surface area is 96.6 Å². The summed E-state index contributed by atoms with van der Waals surface area (Å²) in [4.78, 5) is 11.7. The smallest absolute Gasteiger partial charge is 0.311 e. The molecular weight excluding hydrogens is 200 g/mol. The molecule has 1 atom stereocenters. The minimum absolute atomic E-state index is 0.0845. The molecular formula is C14H18O2. The molecule has 0 aliphatic heterocycles. The first kappa shape index (κ1) is 11.2. The highest BCUT2D eigenvalue weighted by Crippen LogP contribution is 2.36. The van der Waals surface area contributed by atoms with Crippen LogP contribution in [-0.2, 0) is 22.4 Å². The van der Waals surface area contributed by atoms with Crippen molar-refractivity contribution in [1.29, 1.82) is 0 Å². The van der Waals surface area contributed by atoms with Gasteiger partial charge in [-0.1, -0.05) is 23.8 Å². The van der Waals surface area contributed by atoms with E-state index in [1.807, 2.05) is 6.92 Å². The molecule has 1 unspecified atom stereocenters. The molecule has 1 aliphatic carbocycles. The van der Waals surface area contributed by atoms with Gasteiger partial charge >= 0.3 is 5.97 Å². The fourth-order valence-electron chi connectivity index (χ4n) is 2.50. The summed E-state index contributed by atoms with van der Waals surface area (Å²) in [5.74, 6) is -0.0845. The third-order valence-corrected chi connectivity index (χ3v) is 3.57. The maximum absolute atomic E-state index is 11.7. The van der Waals surface area contributed by atoms with Gasteiger partial charge in [-0.3, -0.25) is 4.79 Å². The Morgan fingerprint density at radius 3 is 2.81 bits per heavy atom. The van der Waals surface area contributed by atoms with E-state index < -0.39 is 0 Å². The van der Waals surface area contributed by atoms with E-state index in [4.69, 9.17) is 4.74 Å². The van der Waals surface area contributed by atoms with E-state index in [-0.39, 0.29) is 11.4 Å². The zero-order valence-electron chi connectivity index (χ0n) is 10.2. The van der Waals surface area contributed by atoms with E-state index in [1.54, 1.807) is 0 Å². The quantitative estimate of drug-likeness (QED) is 0.677. The van der Waals surface area contributed by atoms with Gasteiger partial charge < -0.3 is 4.74 Å². The van der Waals surface area contributed by atoms with Crippen LogP contribution in [-0.4, -0.2) is 13.1 Å². The average molecular weight is 218 g/mol. The molecule has 2 rings (SSSR count). The van der Waals surface area contributed by atoms with E-state index in [9.17, 15) is 4.79 Å². The van der Waals surface area contributed by atoms with Gasteiger partial charge in [0.1, 0.15) is 0 Å². The monoisotopic (exact) mass is 218 g/mol. The van der Waals surface area contributed by atoms with E-state index in [2.05, 4.69) is 25.1 Å². The van der Waals surface area contributed by atoms with Crippen LogP contribution >= 0.6 is 0 Å². The lowest BCUT2D eigenvalue weighted by Crippen LogP contribution is -2.35. The molecule has 0 fully saturated rings. The van der Waals surface area contributed by atoms with Crippen molar-refractivity contribution in [1.82, 2.24) is 0 Å². The lowest BCUT2D eigenvalue weighted by molar-refractivity contribution is -0.152.